The molecule has 2 N–H and O–H groups in total. The van der Waals surface area contributed by atoms with E-state index in [0.29, 0.717) is 6.54 Å². The van der Waals surface area contributed by atoms with Crippen LogP contribution in [0.4, 0.5) is 13.2 Å². The number of halogens is 3. The molecule has 118 valence electrons. The Balaban J connectivity index is 2.13. The number of alkyl halides is 3. The first kappa shape index (κ1) is 16.3. The van der Waals surface area contributed by atoms with Crippen LogP contribution < -0.4 is 10.0 Å². The average molecular weight is 322 g/mol. The van der Waals surface area contributed by atoms with Gasteiger partial charge < -0.3 is 5.32 Å². The molecule has 0 aromatic heterocycles. The van der Waals surface area contributed by atoms with Crippen LogP contribution in [0.1, 0.15) is 25.3 Å². The molecule has 0 heterocycles. The molecule has 0 bridgehead atoms. The zero-order valence-electron chi connectivity index (χ0n) is 11.5. The molecule has 0 amide bonds. The van der Waals surface area contributed by atoms with Crippen molar-refractivity contribution in [1.29, 1.82) is 0 Å². The molecular formula is C13H17F3N2O2S. The Morgan fingerprint density at radius 3 is 2.19 bits per heavy atom. The molecule has 0 aliphatic heterocycles. The molecule has 1 aromatic rings. The van der Waals surface area contributed by atoms with Gasteiger partial charge in [-0.3, -0.25) is 0 Å². The van der Waals surface area contributed by atoms with Crippen LogP contribution in [0.15, 0.2) is 29.2 Å². The van der Waals surface area contributed by atoms with Crippen LogP contribution in [0, 0.1) is 0 Å². The number of sulfonamides is 1. The Bertz CT molecular complexity index is 593. The molecule has 21 heavy (non-hydrogen) atoms. The molecule has 1 aliphatic carbocycles. The Hall–Kier alpha value is -1.12. The van der Waals surface area contributed by atoms with Crippen molar-refractivity contribution in [2.24, 2.45) is 0 Å². The summed E-state index contributed by atoms with van der Waals surface area (Å²) in [5.41, 5.74) is -1.42. The smallest absolute Gasteiger partial charge is 0.313 e. The second kappa shape index (κ2) is 5.58. The minimum absolute atomic E-state index is 0.154. The molecule has 1 fully saturated rings. The van der Waals surface area contributed by atoms with E-state index in [-0.39, 0.29) is 17.7 Å². The Morgan fingerprint density at radius 2 is 1.76 bits per heavy atom. The number of hydrogen-bond donors (Lipinski definition) is 2. The van der Waals surface area contributed by atoms with Crippen molar-refractivity contribution < 1.29 is 21.6 Å². The van der Waals surface area contributed by atoms with Gasteiger partial charge in [0.15, 0.2) is 0 Å². The number of benzene rings is 1. The van der Waals surface area contributed by atoms with Crippen LogP contribution >= 0.6 is 0 Å². The maximum atomic E-state index is 12.8. The van der Waals surface area contributed by atoms with Crippen LogP contribution in [0.3, 0.4) is 0 Å². The van der Waals surface area contributed by atoms with Crippen molar-refractivity contribution in [2.45, 2.75) is 42.9 Å². The minimum Gasteiger partial charge on any atom is -0.313 e. The van der Waals surface area contributed by atoms with Gasteiger partial charge in [0.25, 0.3) is 0 Å². The van der Waals surface area contributed by atoms with Crippen molar-refractivity contribution in [3.63, 3.8) is 0 Å². The first-order valence-electron chi connectivity index (χ1n) is 6.60. The summed E-state index contributed by atoms with van der Waals surface area (Å²) in [4.78, 5) is -0.154. The lowest BCUT2D eigenvalue weighted by Gasteiger charge is -2.20. The third kappa shape index (κ3) is 3.56. The molecule has 4 nitrogen and oxygen atoms in total. The molecule has 0 saturated heterocycles. The van der Waals surface area contributed by atoms with Crippen LogP contribution in [0.25, 0.3) is 0 Å². The highest BCUT2D eigenvalue weighted by molar-refractivity contribution is 7.89. The normalized spacial score (nSPS) is 17.7. The number of hydrogen-bond acceptors (Lipinski definition) is 3. The molecule has 0 spiro atoms. The monoisotopic (exact) mass is 322 g/mol. The van der Waals surface area contributed by atoms with Gasteiger partial charge in [0.1, 0.15) is 5.54 Å². The molecule has 0 atom stereocenters. The van der Waals surface area contributed by atoms with Gasteiger partial charge in [-0.2, -0.15) is 17.9 Å². The maximum Gasteiger partial charge on any atom is 0.407 e. The molecule has 1 aliphatic rings. The van der Waals surface area contributed by atoms with E-state index in [2.05, 4.69) is 5.32 Å². The second-order valence-electron chi connectivity index (χ2n) is 5.11. The van der Waals surface area contributed by atoms with E-state index < -0.39 is 21.7 Å². The van der Waals surface area contributed by atoms with Gasteiger partial charge >= 0.3 is 6.18 Å². The third-order valence-electron chi connectivity index (χ3n) is 3.44. The molecule has 8 heteroatoms. The number of nitrogens with one attached hydrogen (secondary N) is 2. The second-order valence-corrected chi connectivity index (χ2v) is 6.79. The van der Waals surface area contributed by atoms with E-state index in [0.717, 1.165) is 12.1 Å². The van der Waals surface area contributed by atoms with Gasteiger partial charge in [0.2, 0.25) is 10.0 Å². The van der Waals surface area contributed by atoms with Gasteiger partial charge in [-0.1, -0.05) is 19.1 Å². The maximum absolute atomic E-state index is 12.8. The topological polar surface area (TPSA) is 58.2 Å². The SMILES string of the molecule is CCNCc1ccc(S(=O)(=O)NC2(C(F)(F)F)CC2)cc1. The Morgan fingerprint density at radius 1 is 1.19 bits per heavy atom. The van der Waals surface area contributed by atoms with E-state index in [4.69, 9.17) is 0 Å². The largest absolute Gasteiger partial charge is 0.407 e. The molecule has 0 unspecified atom stereocenters. The molecule has 2 rings (SSSR count). The van der Waals surface area contributed by atoms with Crippen molar-refractivity contribution in [1.82, 2.24) is 10.0 Å². The summed E-state index contributed by atoms with van der Waals surface area (Å²) < 4.78 is 64.3. The lowest BCUT2D eigenvalue weighted by molar-refractivity contribution is -0.160. The van der Waals surface area contributed by atoms with Crippen molar-refractivity contribution in [3.05, 3.63) is 29.8 Å². The van der Waals surface area contributed by atoms with E-state index >= 15 is 0 Å². The lowest BCUT2D eigenvalue weighted by Crippen LogP contribution is -2.47. The van der Waals surface area contributed by atoms with E-state index in [1.54, 1.807) is 16.9 Å². The quantitative estimate of drug-likeness (QED) is 0.844. The van der Waals surface area contributed by atoms with Gasteiger partial charge in [-0.25, -0.2) is 8.42 Å². The highest BCUT2D eigenvalue weighted by Gasteiger charge is 2.65. The summed E-state index contributed by atoms with van der Waals surface area (Å²) in [7, 11) is -4.17. The zero-order valence-corrected chi connectivity index (χ0v) is 12.3. The van der Waals surface area contributed by atoms with Crippen LogP contribution in [0.5, 0.6) is 0 Å². The first-order chi connectivity index (χ1) is 9.70. The van der Waals surface area contributed by atoms with Crippen molar-refractivity contribution >= 4 is 10.0 Å². The van der Waals surface area contributed by atoms with Crippen LogP contribution in [-0.4, -0.2) is 26.7 Å². The van der Waals surface area contributed by atoms with E-state index in [9.17, 15) is 21.6 Å². The summed E-state index contributed by atoms with van der Waals surface area (Å²) in [6.45, 7) is 3.29. The summed E-state index contributed by atoms with van der Waals surface area (Å²) in [6.07, 6.45) is -4.99. The van der Waals surface area contributed by atoms with Gasteiger partial charge in [-0.05, 0) is 37.1 Å². The predicted molar refractivity (Wildman–Crippen MR) is 72.2 cm³/mol. The summed E-state index contributed by atoms with van der Waals surface area (Å²) >= 11 is 0. The average Bonchev–Trinajstić information content (AvgIpc) is 3.16. The van der Waals surface area contributed by atoms with Crippen LogP contribution in [0.2, 0.25) is 0 Å². The lowest BCUT2D eigenvalue weighted by atomic mass is 10.2. The van der Waals surface area contributed by atoms with Crippen LogP contribution in [-0.2, 0) is 16.6 Å². The summed E-state index contributed by atoms with van der Waals surface area (Å²) in [5.74, 6) is 0. The molecular weight excluding hydrogens is 305 g/mol. The standard InChI is InChI=1S/C13H17F3N2O2S/c1-2-17-9-10-3-5-11(6-4-10)21(19,20)18-12(7-8-12)13(14,15)16/h3-6,17-18H,2,7-9H2,1H3. The van der Waals surface area contributed by atoms with Crippen molar-refractivity contribution in [2.75, 3.05) is 6.54 Å². The van der Waals surface area contributed by atoms with Crippen molar-refractivity contribution in [3.8, 4) is 0 Å². The predicted octanol–water partition coefficient (Wildman–Crippen LogP) is 2.17. The molecule has 1 saturated carbocycles. The molecule has 1 aromatic carbocycles. The number of rotatable bonds is 6. The fraction of sp³-hybridized carbons (Fsp3) is 0.538. The Labute approximate surface area is 121 Å². The highest BCUT2D eigenvalue weighted by Crippen LogP contribution is 2.49. The van der Waals surface area contributed by atoms with Gasteiger partial charge in [-0.15, -0.1) is 0 Å². The van der Waals surface area contributed by atoms with E-state index in [1.165, 1.54) is 12.1 Å². The summed E-state index contributed by atoms with van der Waals surface area (Å²) in [5, 5.41) is 3.08. The zero-order chi connectivity index (χ0) is 15.7. The van der Waals surface area contributed by atoms with Gasteiger partial charge in [0.05, 0.1) is 4.90 Å². The van der Waals surface area contributed by atoms with Gasteiger partial charge in [0, 0.05) is 6.54 Å². The van der Waals surface area contributed by atoms with E-state index in [1.807, 2.05) is 6.92 Å². The third-order valence-corrected chi connectivity index (χ3v) is 4.99. The fourth-order valence-corrected chi connectivity index (χ4v) is 3.39. The minimum atomic E-state index is -4.56. The fourth-order valence-electron chi connectivity index (χ4n) is 1.94. The highest BCUT2D eigenvalue weighted by atomic mass is 32.2. The first-order valence-corrected chi connectivity index (χ1v) is 8.09. The Kier molecular flexibility index (Phi) is 4.32. The summed E-state index contributed by atoms with van der Waals surface area (Å²) in [6, 6.07) is 5.82. The molecule has 0 radical (unpaired) electrons.